The Balaban J connectivity index is 2.39. The molecule has 0 fully saturated rings. The number of carbonyl (C=O) groups is 1. The second-order valence-electron chi connectivity index (χ2n) is 4.17. The number of ether oxygens (including phenoxy) is 1. The Kier molecular flexibility index (Phi) is 7.49. The van der Waals surface area contributed by atoms with Crippen molar-refractivity contribution in [1.29, 1.82) is 0 Å². The van der Waals surface area contributed by atoms with Gasteiger partial charge in [-0.25, -0.2) is 0 Å². The van der Waals surface area contributed by atoms with Crippen molar-refractivity contribution in [2.24, 2.45) is 0 Å². The first-order valence-electron chi connectivity index (χ1n) is 6.58. The van der Waals surface area contributed by atoms with E-state index in [9.17, 15) is 14.9 Å². The van der Waals surface area contributed by atoms with Crippen LogP contribution in [-0.2, 0) is 4.79 Å². The summed E-state index contributed by atoms with van der Waals surface area (Å²) in [7, 11) is 0. The van der Waals surface area contributed by atoms with Crippen LogP contribution in [0.25, 0.3) is 0 Å². The van der Waals surface area contributed by atoms with Gasteiger partial charge in [-0.2, -0.15) is 0 Å². The first-order valence-corrected chi connectivity index (χ1v) is 6.96. The van der Waals surface area contributed by atoms with E-state index in [1.165, 1.54) is 18.2 Å². The minimum absolute atomic E-state index is 0.0650. The van der Waals surface area contributed by atoms with E-state index < -0.39 is 4.92 Å². The highest BCUT2D eigenvalue weighted by Gasteiger charge is 2.15. The normalized spacial score (nSPS) is 10.2. The van der Waals surface area contributed by atoms with E-state index in [2.05, 4.69) is 10.6 Å². The summed E-state index contributed by atoms with van der Waals surface area (Å²) in [6, 6.07) is 4.14. The van der Waals surface area contributed by atoms with Gasteiger partial charge in [-0.15, -0.1) is 0 Å². The maximum absolute atomic E-state index is 11.5. The van der Waals surface area contributed by atoms with Gasteiger partial charge < -0.3 is 15.4 Å². The molecule has 0 spiro atoms. The molecule has 0 saturated carbocycles. The van der Waals surface area contributed by atoms with Crippen molar-refractivity contribution in [3.05, 3.63) is 33.3 Å². The van der Waals surface area contributed by atoms with Crippen LogP contribution >= 0.6 is 11.6 Å². The zero-order chi connectivity index (χ0) is 15.7. The molecule has 0 bridgehead atoms. The number of halogens is 1. The summed E-state index contributed by atoms with van der Waals surface area (Å²) >= 11 is 5.70. The Labute approximate surface area is 127 Å². The summed E-state index contributed by atoms with van der Waals surface area (Å²) in [5.74, 6) is -0.0608. The van der Waals surface area contributed by atoms with Crippen LogP contribution in [0.4, 0.5) is 5.69 Å². The van der Waals surface area contributed by atoms with E-state index >= 15 is 0 Å². The van der Waals surface area contributed by atoms with E-state index in [1.54, 1.807) is 0 Å². The van der Waals surface area contributed by atoms with Crippen molar-refractivity contribution in [2.75, 3.05) is 26.2 Å². The maximum atomic E-state index is 11.5. The number of nitrogens with one attached hydrogen (secondary N) is 2. The highest BCUT2D eigenvalue weighted by molar-refractivity contribution is 6.30. The van der Waals surface area contributed by atoms with Crippen LogP contribution in [0.1, 0.15) is 13.3 Å². The lowest BCUT2D eigenvalue weighted by Crippen LogP contribution is -2.32. The lowest BCUT2D eigenvalue weighted by molar-refractivity contribution is -0.385. The van der Waals surface area contributed by atoms with Crippen LogP contribution in [0.5, 0.6) is 5.75 Å². The number of hydrogen-bond donors (Lipinski definition) is 2. The van der Waals surface area contributed by atoms with Crippen LogP contribution in [0, 0.1) is 10.1 Å². The largest absolute Gasteiger partial charge is 0.486 e. The van der Waals surface area contributed by atoms with Gasteiger partial charge in [0.15, 0.2) is 5.75 Å². The molecule has 7 nitrogen and oxygen atoms in total. The quantitative estimate of drug-likeness (QED) is 0.411. The zero-order valence-corrected chi connectivity index (χ0v) is 12.5. The molecule has 0 atom stereocenters. The summed E-state index contributed by atoms with van der Waals surface area (Å²) in [5, 5.41) is 16.9. The van der Waals surface area contributed by atoms with Crippen LogP contribution in [-0.4, -0.2) is 37.1 Å². The number of nitro benzene ring substituents is 1. The molecular weight excluding hydrogens is 298 g/mol. The molecule has 0 unspecified atom stereocenters. The summed E-state index contributed by atoms with van der Waals surface area (Å²) < 4.78 is 5.27. The van der Waals surface area contributed by atoms with E-state index in [0.29, 0.717) is 13.1 Å². The molecule has 1 amide bonds. The van der Waals surface area contributed by atoms with Gasteiger partial charge in [0.2, 0.25) is 5.91 Å². The second kappa shape index (κ2) is 9.15. The Hall–Kier alpha value is -1.86. The van der Waals surface area contributed by atoms with Crippen molar-refractivity contribution >= 4 is 23.2 Å². The molecule has 1 rings (SSSR count). The summed E-state index contributed by atoms with van der Waals surface area (Å²) in [6.07, 6.45) is 0.131. The lowest BCUT2D eigenvalue weighted by atomic mass is 10.3. The maximum Gasteiger partial charge on any atom is 0.312 e. The fraction of sp³-hybridized carbons (Fsp3) is 0.462. The SMILES string of the molecule is CCNCCNC(=O)CCOc1ccc(Cl)cc1[N+](=O)[O-]. The third-order valence-corrected chi connectivity index (χ3v) is 2.81. The molecule has 8 heteroatoms. The molecular formula is C13H18ClN3O4. The summed E-state index contributed by atoms with van der Waals surface area (Å²) in [5.41, 5.74) is -0.213. The highest BCUT2D eigenvalue weighted by atomic mass is 35.5. The van der Waals surface area contributed by atoms with Crippen molar-refractivity contribution in [3.63, 3.8) is 0 Å². The molecule has 0 aromatic heterocycles. The molecule has 1 aromatic rings. The smallest absolute Gasteiger partial charge is 0.312 e. The molecule has 116 valence electrons. The molecule has 21 heavy (non-hydrogen) atoms. The van der Waals surface area contributed by atoms with E-state index in [-0.39, 0.29) is 35.4 Å². The number of rotatable bonds is 9. The van der Waals surface area contributed by atoms with Crippen LogP contribution < -0.4 is 15.4 Å². The van der Waals surface area contributed by atoms with Gasteiger partial charge in [-0.05, 0) is 18.7 Å². The molecule has 0 saturated heterocycles. The summed E-state index contributed by atoms with van der Waals surface area (Å²) in [6.45, 7) is 4.13. The van der Waals surface area contributed by atoms with Gasteiger partial charge in [-0.3, -0.25) is 14.9 Å². The predicted molar refractivity (Wildman–Crippen MR) is 79.8 cm³/mol. The predicted octanol–water partition coefficient (Wildman–Crippen LogP) is 1.74. The minimum Gasteiger partial charge on any atom is -0.486 e. The number of amides is 1. The number of benzene rings is 1. The third-order valence-electron chi connectivity index (χ3n) is 2.58. The van der Waals surface area contributed by atoms with Gasteiger partial charge in [0.1, 0.15) is 0 Å². The first-order chi connectivity index (χ1) is 10.0. The van der Waals surface area contributed by atoms with E-state index in [0.717, 1.165) is 6.54 Å². The van der Waals surface area contributed by atoms with Gasteiger partial charge in [0.25, 0.3) is 0 Å². The lowest BCUT2D eigenvalue weighted by Gasteiger charge is -2.08. The fourth-order valence-electron chi connectivity index (χ4n) is 1.56. The Bertz CT molecular complexity index is 496. The Morgan fingerprint density at radius 1 is 1.43 bits per heavy atom. The third kappa shape index (κ3) is 6.42. The molecule has 2 N–H and O–H groups in total. The second-order valence-corrected chi connectivity index (χ2v) is 4.61. The molecule has 0 aliphatic rings. The number of nitrogens with zero attached hydrogens (tertiary/aromatic N) is 1. The molecule has 0 heterocycles. The van der Waals surface area contributed by atoms with Crippen molar-refractivity contribution in [1.82, 2.24) is 10.6 Å². The number of nitro groups is 1. The number of carbonyl (C=O) groups excluding carboxylic acids is 1. The van der Waals surface area contributed by atoms with Crippen molar-refractivity contribution in [3.8, 4) is 5.75 Å². The average Bonchev–Trinajstić information content (AvgIpc) is 2.45. The zero-order valence-electron chi connectivity index (χ0n) is 11.7. The Morgan fingerprint density at radius 2 is 2.19 bits per heavy atom. The van der Waals surface area contributed by atoms with Crippen LogP contribution in [0.2, 0.25) is 5.02 Å². The topological polar surface area (TPSA) is 93.5 Å². The molecule has 0 aliphatic heterocycles. The van der Waals surface area contributed by atoms with Gasteiger partial charge >= 0.3 is 5.69 Å². The summed E-state index contributed by atoms with van der Waals surface area (Å²) in [4.78, 5) is 21.8. The molecule has 1 aromatic carbocycles. The van der Waals surface area contributed by atoms with Gasteiger partial charge in [0.05, 0.1) is 18.0 Å². The van der Waals surface area contributed by atoms with E-state index in [1.807, 2.05) is 6.92 Å². The standard InChI is InChI=1S/C13H18ClN3O4/c1-2-15-6-7-16-13(18)5-8-21-12-4-3-10(14)9-11(12)17(19)20/h3-4,9,15H,2,5-8H2,1H3,(H,16,18). The highest BCUT2D eigenvalue weighted by Crippen LogP contribution is 2.29. The minimum atomic E-state index is -0.572. The number of hydrogen-bond acceptors (Lipinski definition) is 5. The average molecular weight is 316 g/mol. The molecule has 0 radical (unpaired) electrons. The molecule has 0 aliphatic carbocycles. The van der Waals surface area contributed by atoms with Gasteiger partial charge in [-0.1, -0.05) is 18.5 Å². The van der Waals surface area contributed by atoms with E-state index in [4.69, 9.17) is 16.3 Å². The first kappa shape index (κ1) is 17.2. The van der Waals surface area contributed by atoms with Crippen LogP contribution in [0.15, 0.2) is 18.2 Å². The Morgan fingerprint density at radius 3 is 2.86 bits per heavy atom. The van der Waals surface area contributed by atoms with Gasteiger partial charge in [0, 0.05) is 24.2 Å². The number of likely N-dealkylation sites (N-methyl/N-ethyl adjacent to an activating group) is 1. The fourth-order valence-corrected chi connectivity index (χ4v) is 1.73. The van der Waals surface area contributed by atoms with Crippen molar-refractivity contribution < 1.29 is 14.5 Å². The monoisotopic (exact) mass is 315 g/mol. The van der Waals surface area contributed by atoms with Crippen molar-refractivity contribution in [2.45, 2.75) is 13.3 Å². The van der Waals surface area contributed by atoms with Crippen LogP contribution in [0.3, 0.4) is 0 Å².